The van der Waals surface area contributed by atoms with Gasteiger partial charge in [0.2, 0.25) is 0 Å². The second kappa shape index (κ2) is 6.52. The first-order valence-electron chi connectivity index (χ1n) is 8.90. The summed E-state index contributed by atoms with van der Waals surface area (Å²) in [4.78, 5) is 14.8. The number of carbonyl (C=O) groups excluding carboxylic acids is 1. The molecule has 25 heavy (non-hydrogen) atoms. The lowest BCUT2D eigenvalue weighted by atomic mass is 9.98. The zero-order valence-corrected chi connectivity index (χ0v) is 14.6. The number of hydrogen-bond acceptors (Lipinski definition) is 4. The minimum absolute atomic E-state index is 0.101. The van der Waals surface area contributed by atoms with Crippen molar-refractivity contribution in [2.24, 2.45) is 5.92 Å². The second-order valence-corrected chi connectivity index (χ2v) is 6.79. The van der Waals surface area contributed by atoms with Crippen molar-refractivity contribution < 1.29 is 14.3 Å². The molecule has 2 aromatic carbocycles. The fourth-order valence-corrected chi connectivity index (χ4v) is 4.06. The normalized spacial score (nSPS) is 24.5. The van der Waals surface area contributed by atoms with Gasteiger partial charge < -0.3 is 9.47 Å². The summed E-state index contributed by atoms with van der Waals surface area (Å²) >= 11 is 0. The molecule has 0 radical (unpaired) electrons. The van der Waals surface area contributed by atoms with Crippen LogP contribution in [0.1, 0.15) is 29.7 Å². The molecule has 3 atom stereocenters. The largest absolute Gasteiger partial charge is 0.487 e. The number of ether oxygens (including phenoxy) is 2. The lowest BCUT2D eigenvalue weighted by Gasteiger charge is -2.22. The number of esters is 1. The molecule has 1 fully saturated rings. The average Bonchev–Trinajstić information content (AvgIpc) is 3.15. The summed E-state index contributed by atoms with van der Waals surface area (Å²) in [5.41, 5.74) is 3.55. The van der Waals surface area contributed by atoms with E-state index in [1.807, 2.05) is 13.0 Å². The van der Waals surface area contributed by atoms with Crippen molar-refractivity contribution in [3.63, 3.8) is 0 Å². The fraction of sp³-hybridized carbons (Fsp3) is 0.381. The zero-order chi connectivity index (χ0) is 17.4. The van der Waals surface area contributed by atoms with E-state index >= 15 is 0 Å². The van der Waals surface area contributed by atoms with Gasteiger partial charge in [-0.3, -0.25) is 9.69 Å². The number of rotatable bonds is 4. The van der Waals surface area contributed by atoms with Crippen molar-refractivity contribution in [1.82, 2.24) is 4.90 Å². The zero-order valence-electron chi connectivity index (χ0n) is 14.6. The lowest BCUT2D eigenvalue weighted by Crippen LogP contribution is -2.31. The standard InChI is InChI=1S/C21H23NO3/c1-3-24-21(23)17-13-22(12-15-9-5-4-6-10-15)18-16-11-7-8-14(2)19(16)25-20(17)18/h4-11,17-18,20H,3,12-13H2,1-2H3/t17-,18+,20+/m1/s1. The van der Waals surface area contributed by atoms with Crippen LogP contribution >= 0.6 is 0 Å². The number of carbonyl (C=O) groups is 1. The van der Waals surface area contributed by atoms with E-state index in [4.69, 9.17) is 9.47 Å². The van der Waals surface area contributed by atoms with Crippen LogP contribution < -0.4 is 4.74 Å². The number of likely N-dealkylation sites (tertiary alicyclic amines) is 1. The Bertz CT molecular complexity index is 774. The van der Waals surface area contributed by atoms with Crippen LogP contribution in [0.5, 0.6) is 5.75 Å². The molecular weight excluding hydrogens is 314 g/mol. The van der Waals surface area contributed by atoms with Gasteiger partial charge in [0, 0.05) is 18.7 Å². The molecule has 2 aliphatic rings. The maximum Gasteiger partial charge on any atom is 0.314 e. The van der Waals surface area contributed by atoms with Crippen molar-refractivity contribution in [3.05, 3.63) is 65.2 Å². The van der Waals surface area contributed by atoms with Crippen LogP contribution in [0.15, 0.2) is 48.5 Å². The third-order valence-electron chi connectivity index (χ3n) is 5.17. The average molecular weight is 337 g/mol. The predicted octanol–water partition coefficient (Wildman–Crippen LogP) is 3.49. The molecule has 0 bridgehead atoms. The minimum atomic E-state index is -0.250. The molecule has 4 heteroatoms. The van der Waals surface area contributed by atoms with E-state index in [-0.39, 0.29) is 24.0 Å². The van der Waals surface area contributed by atoms with Crippen molar-refractivity contribution >= 4 is 5.97 Å². The van der Waals surface area contributed by atoms with Gasteiger partial charge in [-0.1, -0.05) is 48.5 Å². The first-order valence-corrected chi connectivity index (χ1v) is 8.90. The van der Waals surface area contributed by atoms with Crippen LogP contribution in [0.4, 0.5) is 0 Å². The van der Waals surface area contributed by atoms with Crippen LogP contribution in [-0.4, -0.2) is 30.1 Å². The fourth-order valence-electron chi connectivity index (χ4n) is 4.06. The Labute approximate surface area is 148 Å². The summed E-state index contributed by atoms with van der Waals surface area (Å²) in [6, 6.07) is 16.7. The molecule has 2 heterocycles. The topological polar surface area (TPSA) is 38.8 Å². The monoisotopic (exact) mass is 337 g/mol. The Morgan fingerprint density at radius 2 is 2.00 bits per heavy atom. The Kier molecular flexibility index (Phi) is 4.22. The van der Waals surface area contributed by atoms with Crippen LogP contribution in [0.25, 0.3) is 0 Å². The molecule has 4 nitrogen and oxygen atoms in total. The van der Waals surface area contributed by atoms with Crippen molar-refractivity contribution in [3.8, 4) is 5.75 Å². The molecule has 0 aromatic heterocycles. The van der Waals surface area contributed by atoms with Crippen LogP contribution in [0.2, 0.25) is 0 Å². The van der Waals surface area contributed by atoms with E-state index in [0.29, 0.717) is 13.2 Å². The number of para-hydroxylation sites is 1. The van der Waals surface area contributed by atoms with Gasteiger partial charge in [0.25, 0.3) is 0 Å². The maximum absolute atomic E-state index is 12.5. The molecule has 4 rings (SSSR count). The SMILES string of the molecule is CCOC(=O)[C@@H]1CN(Cc2ccccc2)[C@H]2c3cccc(C)c3O[C@@H]12. The number of hydrogen-bond donors (Lipinski definition) is 0. The van der Waals surface area contributed by atoms with Gasteiger partial charge in [0.05, 0.1) is 12.6 Å². The summed E-state index contributed by atoms with van der Waals surface area (Å²) in [6.07, 6.45) is -0.168. The van der Waals surface area contributed by atoms with Crippen LogP contribution in [-0.2, 0) is 16.1 Å². The van der Waals surface area contributed by atoms with Gasteiger partial charge in [-0.05, 0) is 25.0 Å². The molecule has 0 unspecified atom stereocenters. The Morgan fingerprint density at radius 3 is 2.76 bits per heavy atom. The molecule has 130 valence electrons. The van der Waals surface area contributed by atoms with Gasteiger partial charge in [0.1, 0.15) is 17.8 Å². The van der Waals surface area contributed by atoms with Gasteiger partial charge in [0.15, 0.2) is 0 Å². The van der Waals surface area contributed by atoms with Crippen LogP contribution in [0, 0.1) is 12.8 Å². The van der Waals surface area contributed by atoms with Crippen molar-refractivity contribution in [1.29, 1.82) is 0 Å². The quantitative estimate of drug-likeness (QED) is 0.801. The maximum atomic E-state index is 12.5. The Morgan fingerprint density at radius 1 is 1.20 bits per heavy atom. The Balaban J connectivity index is 1.68. The summed E-state index contributed by atoms with van der Waals surface area (Å²) in [6.45, 7) is 5.77. The first-order chi connectivity index (χ1) is 12.2. The van der Waals surface area contributed by atoms with E-state index in [1.54, 1.807) is 0 Å². The molecule has 0 aliphatic carbocycles. The van der Waals surface area contributed by atoms with Crippen LogP contribution in [0.3, 0.4) is 0 Å². The first kappa shape index (κ1) is 16.2. The highest BCUT2D eigenvalue weighted by molar-refractivity contribution is 5.75. The Hall–Kier alpha value is -2.33. The number of aryl methyl sites for hydroxylation is 1. The number of benzene rings is 2. The van der Waals surface area contributed by atoms with E-state index in [9.17, 15) is 4.79 Å². The molecule has 0 spiro atoms. The van der Waals surface area contributed by atoms with Gasteiger partial charge in [-0.2, -0.15) is 0 Å². The molecule has 0 saturated carbocycles. The summed E-state index contributed by atoms with van der Waals surface area (Å²) < 4.78 is 11.6. The van der Waals surface area contributed by atoms with E-state index in [0.717, 1.165) is 17.9 Å². The number of fused-ring (bicyclic) bond motifs is 3. The molecule has 1 saturated heterocycles. The molecule has 2 aromatic rings. The third-order valence-corrected chi connectivity index (χ3v) is 5.17. The van der Waals surface area contributed by atoms with Crippen molar-refractivity contribution in [2.75, 3.05) is 13.2 Å². The molecule has 0 N–H and O–H groups in total. The van der Waals surface area contributed by atoms with Gasteiger partial charge in [-0.15, -0.1) is 0 Å². The highest BCUT2D eigenvalue weighted by atomic mass is 16.5. The van der Waals surface area contributed by atoms with Gasteiger partial charge in [-0.25, -0.2) is 0 Å². The van der Waals surface area contributed by atoms with Gasteiger partial charge >= 0.3 is 5.97 Å². The minimum Gasteiger partial charge on any atom is -0.487 e. The molecular formula is C21H23NO3. The molecule has 2 aliphatic heterocycles. The summed E-state index contributed by atoms with van der Waals surface area (Å²) in [7, 11) is 0. The van der Waals surface area contributed by atoms with E-state index in [1.165, 1.54) is 11.1 Å². The smallest absolute Gasteiger partial charge is 0.314 e. The summed E-state index contributed by atoms with van der Waals surface area (Å²) in [5.74, 6) is 0.531. The van der Waals surface area contributed by atoms with E-state index < -0.39 is 0 Å². The molecule has 0 amide bonds. The highest BCUT2D eigenvalue weighted by Crippen LogP contribution is 2.49. The number of nitrogens with zero attached hydrogens (tertiary/aromatic N) is 1. The van der Waals surface area contributed by atoms with E-state index in [2.05, 4.69) is 54.3 Å². The summed E-state index contributed by atoms with van der Waals surface area (Å²) in [5, 5.41) is 0. The predicted molar refractivity (Wildman–Crippen MR) is 95.3 cm³/mol. The lowest BCUT2D eigenvalue weighted by molar-refractivity contribution is -0.149. The highest BCUT2D eigenvalue weighted by Gasteiger charge is 2.52. The third kappa shape index (κ3) is 2.81. The second-order valence-electron chi connectivity index (χ2n) is 6.79. The van der Waals surface area contributed by atoms with Crippen molar-refractivity contribution in [2.45, 2.75) is 32.5 Å².